The molecule has 1 aromatic heterocycles. The summed E-state index contributed by atoms with van der Waals surface area (Å²) in [4.78, 5) is 25.9. The number of nitrogens with one attached hydrogen (secondary N) is 1. The summed E-state index contributed by atoms with van der Waals surface area (Å²) >= 11 is 0. The molecule has 0 saturated heterocycles. The van der Waals surface area contributed by atoms with Crippen molar-refractivity contribution in [3.8, 4) is 11.1 Å². The highest BCUT2D eigenvalue weighted by Gasteiger charge is 2.15. The van der Waals surface area contributed by atoms with Crippen molar-refractivity contribution >= 4 is 11.8 Å². The molecule has 0 aliphatic rings. The van der Waals surface area contributed by atoms with Crippen LogP contribution in [0.25, 0.3) is 11.1 Å². The number of likely N-dealkylation sites (N-methyl/N-ethyl adjacent to an activating group) is 1. The van der Waals surface area contributed by atoms with Crippen molar-refractivity contribution in [2.75, 3.05) is 13.6 Å². The first-order valence-electron chi connectivity index (χ1n) is 8.33. The van der Waals surface area contributed by atoms with Gasteiger partial charge in [0.2, 0.25) is 5.91 Å². The van der Waals surface area contributed by atoms with Crippen LogP contribution in [0.5, 0.6) is 0 Å². The minimum absolute atomic E-state index is 0.0139. The zero-order valence-electron chi connectivity index (χ0n) is 14.5. The number of carbonyl (C=O) groups excluding carboxylic acids is 2. The molecule has 0 saturated carbocycles. The van der Waals surface area contributed by atoms with Crippen LogP contribution in [-0.4, -0.2) is 30.3 Å². The molecule has 1 heterocycles. The van der Waals surface area contributed by atoms with Gasteiger partial charge in [0.05, 0.1) is 19.4 Å². The fourth-order valence-corrected chi connectivity index (χ4v) is 2.60. The Morgan fingerprint density at radius 2 is 1.62 bits per heavy atom. The summed E-state index contributed by atoms with van der Waals surface area (Å²) in [7, 11) is 1.61. The zero-order valence-corrected chi connectivity index (χ0v) is 14.5. The van der Waals surface area contributed by atoms with E-state index in [1.807, 2.05) is 42.5 Å². The number of furan rings is 1. The van der Waals surface area contributed by atoms with Crippen LogP contribution in [0.1, 0.15) is 16.1 Å². The van der Waals surface area contributed by atoms with Gasteiger partial charge in [-0.15, -0.1) is 0 Å². The molecule has 2 amide bonds. The standard InChI is InChI=1S/C21H20N2O3/c1-23(15-20(24)22-14-19-8-5-13-26-19)21(25)18-11-9-17(10-12-18)16-6-3-2-4-7-16/h2-13H,14-15H2,1H3,(H,22,24). The highest BCUT2D eigenvalue weighted by Crippen LogP contribution is 2.19. The summed E-state index contributed by atoms with van der Waals surface area (Å²) in [6, 6.07) is 20.9. The van der Waals surface area contributed by atoms with Crippen LogP contribution in [-0.2, 0) is 11.3 Å². The van der Waals surface area contributed by atoms with Gasteiger partial charge < -0.3 is 14.6 Å². The molecular formula is C21H20N2O3. The number of carbonyl (C=O) groups is 2. The Hall–Kier alpha value is -3.34. The van der Waals surface area contributed by atoms with Crippen molar-refractivity contribution in [1.29, 1.82) is 0 Å². The van der Waals surface area contributed by atoms with Crippen LogP contribution in [0, 0.1) is 0 Å². The van der Waals surface area contributed by atoms with E-state index in [4.69, 9.17) is 4.42 Å². The third-order valence-electron chi connectivity index (χ3n) is 4.01. The van der Waals surface area contributed by atoms with Gasteiger partial charge in [-0.25, -0.2) is 0 Å². The smallest absolute Gasteiger partial charge is 0.254 e. The molecule has 0 aliphatic carbocycles. The summed E-state index contributed by atoms with van der Waals surface area (Å²) in [5.74, 6) is 0.236. The predicted octanol–water partition coefficient (Wildman–Crippen LogP) is 3.34. The lowest BCUT2D eigenvalue weighted by atomic mass is 10.0. The molecule has 132 valence electrons. The van der Waals surface area contributed by atoms with Gasteiger partial charge in [-0.2, -0.15) is 0 Å². The monoisotopic (exact) mass is 348 g/mol. The Kier molecular flexibility index (Phi) is 5.49. The predicted molar refractivity (Wildman–Crippen MR) is 99.4 cm³/mol. The van der Waals surface area contributed by atoms with E-state index in [0.29, 0.717) is 17.9 Å². The van der Waals surface area contributed by atoms with Gasteiger partial charge in [0.25, 0.3) is 5.91 Å². The van der Waals surface area contributed by atoms with E-state index in [-0.39, 0.29) is 18.4 Å². The van der Waals surface area contributed by atoms with Crippen LogP contribution in [0.4, 0.5) is 0 Å². The summed E-state index contributed by atoms with van der Waals surface area (Å²) in [5, 5.41) is 2.73. The number of hydrogen-bond donors (Lipinski definition) is 1. The maximum absolute atomic E-state index is 12.5. The zero-order chi connectivity index (χ0) is 18.4. The summed E-state index contributed by atoms with van der Waals surface area (Å²) in [6.07, 6.45) is 1.55. The fraction of sp³-hybridized carbons (Fsp3) is 0.143. The number of rotatable bonds is 6. The number of amides is 2. The molecule has 0 spiro atoms. The average molecular weight is 348 g/mol. The Bertz CT molecular complexity index is 856. The molecule has 0 radical (unpaired) electrons. The first-order valence-corrected chi connectivity index (χ1v) is 8.33. The topological polar surface area (TPSA) is 62.6 Å². The largest absolute Gasteiger partial charge is 0.467 e. The molecule has 2 aromatic carbocycles. The quantitative estimate of drug-likeness (QED) is 0.743. The molecule has 0 aliphatic heterocycles. The molecule has 0 atom stereocenters. The van der Waals surface area contributed by atoms with Crippen LogP contribution >= 0.6 is 0 Å². The van der Waals surface area contributed by atoms with Gasteiger partial charge in [0, 0.05) is 12.6 Å². The van der Waals surface area contributed by atoms with Gasteiger partial charge in [0.15, 0.2) is 0 Å². The fourth-order valence-electron chi connectivity index (χ4n) is 2.60. The highest BCUT2D eigenvalue weighted by molar-refractivity contribution is 5.96. The van der Waals surface area contributed by atoms with Crippen LogP contribution in [0.3, 0.4) is 0 Å². The molecule has 5 heteroatoms. The van der Waals surface area contributed by atoms with E-state index in [9.17, 15) is 9.59 Å². The summed E-state index contributed by atoms with van der Waals surface area (Å²) < 4.78 is 5.16. The average Bonchev–Trinajstić information content (AvgIpc) is 3.20. The molecule has 0 bridgehead atoms. The Morgan fingerprint density at radius 1 is 0.923 bits per heavy atom. The van der Waals surface area contributed by atoms with Crippen molar-refractivity contribution in [2.45, 2.75) is 6.54 Å². The van der Waals surface area contributed by atoms with Gasteiger partial charge in [0.1, 0.15) is 5.76 Å². The molecule has 0 fully saturated rings. The van der Waals surface area contributed by atoms with Gasteiger partial charge >= 0.3 is 0 Å². The van der Waals surface area contributed by atoms with Crippen molar-refractivity contribution in [3.05, 3.63) is 84.3 Å². The van der Waals surface area contributed by atoms with E-state index in [1.54, 1.807) is 37.6 Å². The molecule has 3 rings (SSSR count). The maximum atomic E-state index is 12.5. The summed E-state index contributed by atoms with van der Waals surface area (Å²) in [6.45, 7) is 0.291. The van der Waals surface area contributed by atoms with E-state index in [1.165, 1.54) is 4.90 Å². The Labute approximate surface area is 152 Å². The van der Waals surface area contributed by atoms with Gasteiger partial charge in [-0.3, -0.25) is 9.59 Å². The van der Waals surface area contributed by atoms with Crippen LogP contribution < -0.4 is 5.32 Å². The minimum atomic E-state index is -0.238. The second-order valence-electron chi connectivity index (χ2n) is 5.96. The van der Waals surface area contributed by atoms with Gasteiger partial charge in [-0.05, 0) is 35.4 Å². The molecular weight excluding hydrogens is 328 g/mol. The number of hydrogen-bond acceptors (Lipinski definition) is 3. The molecule has 0 unspecified atom stereocenters. The van der Waals surface area contributed by atoms with Crippen LogP contribution in [0.15, 0.2) is 77.4 Å². The van der Waals surface area contributed by atoms with E-state index in [0.717, 1.165) is 11.1 Å². The lowest BCUT2D eigenvalue weighted by Crippen LogP contribution is -2.38. The SMILES string of the molecule is CN(CC(=O)NCc1ccco1)C(=O)c1ccc(-c2ccccc2)cc1. The third kappa shape index (κ3) is 4.39. The second kappa shape index (κ2) is 8.16. The normalized spacial score (nSPS) is 10.3. The van der Waals surface area contributed by atoms with Crippen LogP contribution in [0.2, 0.25) is 0 Å². The minimum Gasteiger partial charge on any atom is -0.467 e. The molecule has 3 aromatic rings. The maximum Gasteiger partial charge on any atom is 0.254 e. The Balaban J connectivity index is 1.56. The van der Waals surface area contributed by atoms with E-state index in [2.05, 4.69) is 5.32 Å². The molecule has 5 nitrogen and oxygen atoms in total. The lowest BCUT2D eigenvalue weighted by molar-refractivity contribution is -0.121. The Morgan fingerprint density at radius 3 is 2.27 bits per heavy atom. The number of benzene rings is 2. The van der Waals surface area contributed by atoms with E-state index >= 15 is 0 Å². The van der Waals surface area contributed by atoms with E-state index < -0.39 is 0 Å². The van der Waals surface area contributed by atoms with Crippen molar-refractivity contribution < 1.29 is 14.0 Å². The van der Waals surface area contributed by atoms with Crippen molar-refractivity contribution in [3.63, 3.8) is 0 Å². The van der Waals surface area contributed by atoms with Crippen molar-refractivity contribution in [2.24, 2.45) is 0 Å². The molecule has 26 heavy (non-hydrogen) atoms. The number of nitrogens with zero attached hydrogens (tertiary/aromatic N) is 1. The molecule has 1 N–H and O–H groups in total. The summed E-state index contributed by atoms with van der Waals surface area (Å²) in [5.41, 5.74) is 2.68. The first kappa shape index (κ1) is 17.5. The third-order valence-corrected chi connectivity index (χ3v) is 4.01. The first-order chi connectivity index (χ1) is 12.6. The van der Waals surface area contributed by atoms with Gasteiger partial charge in [-0.1, -0.05) is 42.5 Å². The highest BCUT2D eigenvalue weighted by atomic mass is 16.3. The van der Waals surface area contributed by atoms with Crippen molar-refractivity contribution in [1.82, 2.24) is 10.2 Å². The second-order valence-corrected chi connectivity index (χ2v) is 5.96. The lowest BCUT2D eigenvalue weighted by Gasteiger charge is -2.17.